The Bertz CT molecular complexity index is 855. The van der Waals surface area contributed by atoms with Crippen LogP contribution in [0.5, 0.6) is 5.75 Å². The Balaban J connectivity index is 1.49. The average molecular weight is 403 g/mol. The van der Waals surface area contributed by atoms with E-state index in [0.717, 1.165) is 29.8 Å². The van der Waals surface area contributed by atoms with Gasteiger partial charge in [0.05, 0.1) is 12.4 Å². The van der Waals surface area contributed by atoms with Gasteiger partial charge >= 0.3 is 0 Å². The zero-order valence-electron chi connectivity index (χ0n) is 18.4. The van der Waals surface area contributed by atoms with E-state index < -0.39 is 0 Å². The SMILES string of the molecule is CCCCCc1ccc(COc2cnc(-c3ccc(CCCCC)cc3)nc2)cc1. The average Bonchev–Trinajstić information content (AvgIpc) is 2.80. The van der Waals surface area contributed by atoms with Crippen LogP contribution < -0.4 is 4.74 Å². The number of hydrogen-bond acceptors (Lipinski definition) is 3. The summed E-state index contributed by atoms with van der Waals surface area (Å²) in [5.74, 6) is 1.43. The summed E-state index contributed by atoms with van der Waals surface area (Å²) in [5.41, 5.74) is 4.98. The van der Waals surface area contributed by atoms with Gasteiger partial charge in [-0.2, -0.15) is 0 Å². The van der Waals surface area contributed by atoms with E-state index in [0.29, 0.717) is 12.4 Å². The summed E-state index contributed by atoms with van der Waals surface area (Å²) in [6.07, 6.45) is 13.4. The van der Waals surface area contributed by atoms with Crippen molar-refractivity contribution in [2.45, 2.75) is 71.8 Å². The lowest BCUT2D eigenvalue weighted by atomic mass is 10.1. The lowest BCUT2D eigenvalue weighted by Gasteiger charge is -2.08. The largest absolute Gasteiger partial charge is 0.486 e. The molecule has 0 aliphatic heterocycles. The molecule has 1 heterocycles. The summed E-state index contributed by atoms with van der Waals surface area (Å²) in [6.45, 7) is 5.01. The van der Waals surface area contributed by atoms with Crippen LogP contribution in [-0.2, 0) is 19.4 Å². The minimum Gasteiger partial charge on any atom is -0.486 e. The first-order valence-electron chi connectivity index (χ1n) is 11.4. The summed E-state index contributed by atoms with van der Waals surface area (Å²) >= 11 is 0. The Labute approximate surface area is 181 Å². The van der Waals surface area contributed by atoms with Gasteiger partial charge in [0.1, 0.15) is 6.61 Å². The second-order valence-electron chi connectivity index (χ2n) is 7.96. The van der Waals surface area contributed by atoms with Crippen LogP contribution in [0.25, 0.3) is 11.4 Å². The highest BCUT2D eigenvalue weighted by molar-refractivity contribution is 5.55. The number of unbranched alkanes of at least 4 members (excludes halogenated alkanes) is 4. The molecule has 0 aliphatic carbocycles. The Kier molecular flexibility index (Phi) is 8.89. The van der Waals surface area contributed by atoms with Crippen molar-refractivity contribution in [1.82, 2.24) is 9.97 Å². The molecule has 0 atom stereocenters. The van der Waals surface area contributed by atoms with E-state index in [1.165, 1.54) is 49.7 Å². The third-order valence-electron chi connectivity index (χ3n) is 5.41. The van der Waals surface area contributed by atoms with Crippen molar-refractivity contribution in [2.24, 2.45) is 0 Å². The molecule has 0 unspecified atom stereocenters. The first-order chi connectivity index (χ1) is 14.8. The molecule has 3 rings (SSSR count). The van der Waals surface area contributed by atoms with Crippen LogP contribution in [0.2, 0.25) is 0 Å². The van der Waals surface area contributed by atoms with Crippen molar-refractivity contribution < 1.29 is 4.74 Å². The molecule has 0 spiro atoms. The maximum absolute atomic E-state index is 5.87. The van der Waals surface area contributed by atoms with E-state index in [4.69, 9.17) is 4.74 Å². The topological polar surface area (TPSA) is 35.0 Å². The minimum atomic E-state index is 0.532. The fourth-order valence-corrected chi connectivity index (χ4v) is 3.49. The highest BCUT2D eigenvalue weighted by Gasteiger charge is 2.04. The second kappa shape index (κ2) is 12.1. The van der Waals surface area contributed by atoms with E-state index in [1.54, 1.807) is 12.4 Å². The Morgan fingerprint density at radius 3 is 1.67 bits per heavy atom. The van der Waals surface area contributed by atoms with Crippen molar-refractivity contribution in [3.8, 4) is 17.1 Å². The molecule has 0 bridgehead atoms. The van der Waals surface area contributed by atoms with Gasteiger partial charge in [-0.05, 0) is 42.4 Å². The molecule has 0 saturated heterocycles. The molecule has 0 N–H and O–H groups in total. The van der Waals surface area contributed by atoms with Crippen LogP contribution in [0.3, 0.4) is 0 Å². The van der Waals surface area contributed by atoms with Crippen LogP contribution in [0.1, 0.15) is 69.1 Å². The molecular weight excluding hydrogens is 368 g/mol. The summed E-state index contributed by atoms with van der Waals surface area (Å²) in [4.78, 5) is 8.97. The molecule has 30 heavy (non-hydrogen) atoms. The van der Waals surface area contributed by atoms with Crippen molar-refractivity contribution >= 4 is 0 Å². The smallest absolute Gasteiger partial charge is 0.159 e. The Morgan fingerprint density at radius 1 is 0.633 bits per heavy atom. The molecule has 3 heteroatoms. The van der Waals surface area contributed by atoms with Gasteiger partial charge in [0.15, 0.2) is 11.6 Å². The predicted molar refractivity (Wildman–Crippen MR) is 125 cm³/mol. The van der Waals surface area contributed by atoms with Crippen LogP contribution in [0, 0.1) is 0 Å². The molecule has 1 aromatic heterocycles. The van der Waals surface area contributed by atoms with E-state index in [-0.39, 0.29) is 0 Å². The van der Waals surface area contributed by atoms with E-state index in [9.17, 15) is 0 Å². The van der Waals surface area contributed by atoms with Crippen LogP contribution >= 0.6 is 0 Å². The zero-order valence-corrected chi connectivity index (χ0v) is 18.4. The molecular formula is C27H34N2O. The molecule has 0 saturated carbocycles. The highest BCUT2D eigenvalue weighted by Crippen LogP contribution is 2.19. The summed E-state index contributed by atoms with van der Waals surface area (Å²) in [5, 5.41) is 0. The van der Waals surface area contributed by atoms with Crippen molar-refractivity contribution in [3.05, 3.63) is 77.6 Å². The molecule has 3 nitrogen and oxygen atoms in total. The van der Waals surface area contributed by atoms with Gasteiger partial charge in [0.2, 0.25) is 0 Å². The maximum atomic E-state index is 5.87. The summed E-state index contributed by atoms with van der Waals surface area (Å²) in [6, 6.07) is 17.3. The number of rotatable bonds is 12. The van der Waals surface area contributed by atoms with Crippen LogP contribution in [-0.4, -0.2) is 9.97 Å². The van der Waals surface area contributed by atoms with Gasteiger partial charge in [0.25, 0.3) is 0 Å². The number of ether oxygens (including phenoxy) is 1. The number of benzene rings is 2. The Hall–Kier alpha value is -2.68. The first kappa shape index (κ1) is 22.0. The molecule has 3 aromatic rings. The molecule has 0 radical (unpaired) electrons. The normalized spacial score (nSPS) is 10.9. The third-order valence-corrected chi connectivity index (χ3v) is 5.41. The summed E-state index contributed by atoms with van der Waals surface area (Å²) in [7, 11) is 0. The van der Waals surface area contributed by atoms with Crippen LogP contribution in [0.4, 0.5) is 0 Å². The van der Waals surface area contributed by atoms with Crippen molar-refractivity contribution in [1.29, 1.82) is 0 Å². The van der Waals surface area contributed by atoms with Gasteiger partial charge in [-0.3, -0.25) is 0 Å². The molecule has 2 aromatic carbocycles. The zero-order chi connectivity index (χ0) is 21.0. The fraction of sp³-hybridized carbons (Fsp3) is 0.407. The predicted octanol–water partition coefficient (Wildman–Crippen LogP) is 7.19. The van der Waals surface area contributed by atoms with Gasteiger partial charge in [-0.25, -0.2) is 9.97 Å². The van der Waals surface area contributed by atoms with E-state index in [2.05, 4.69) is 72.3 Å². The fourth-order valence-electron chi connectivity index (χ4n) is 3.49. The Morgan fingerprint density at radius 2 is 1.13 bits per heavy atom. The van der Waals surface area contributed by atoms with E-state index >= 15 is 0 Å². The second-order valence-corrected chi connectivity index (χ2v) is 7.96. The van der Waals surface area contributed by atoms with Gasteiger partial charge in [-0.1, -0.05) is 88.1 Å². The van der Waals surface area contributed by atoms with Crippen molar-refractivity contribution in [2.75, 3.05) is 0 Å². The number of aromatic nitrogens is 2. The van der Waals surface area contributed by atoms with E-state index in [1.807, 2.05) is 0 Å². The molecule has 0 aliphatic rings. The summed E-state index contributed by atoms with van der Waals surface area (Å²) < 4.78 is 5.87. The monoisotopic (exact) mass is 402 g/mol. The number of hydrogen-bond donors (Lipinski definition) is 0. The van der Waals surface area contributed by atoms with Gasteiger partial charge in [0, 0.05) is 5.56 Å². The highest BCUT2D eigenvalue weighted by atomic mass is 16.5. The van der Waals surface area contributed by atoms with Gasteiger partial charge < -0.3 is 4.74 Å². The first-order valence-corrected chi connectivity index (χ1v) is 11.4. The lowest BCUT2D eigenvalue weighted by Crippen LogP contribution is -1.98. The van der Waals surface area contributed by atoms with Crippen molar-refractivity contribution in [3.63, 3.8) is 0 Å². The molecule has 0 amide bonds. The quantitative estimate of drug-likeness (QED) is 0.301. The number of aryl methyl sites for hydroxylation is 2. The maximum Gasteiger partial charge on any atom is 0.159 e. The molecule has 0 fully saturated rings. The molecule has 158 valence electrons. The lowest BCUT2D eigenvalue weighted by molar-refractivity contribution is 0.303. The third kappa shape index (κ3) is 6.98. The minimum absolute atomic E-state index is 0.532. The number of nitrogens with zero attached hydrogens (tertiary/aromatic N) is 2. The van der Waals surface area contributed by atoms with Crippen LogP contribution in [0.15, 0.2) is 60.9 Å². The standard InChI is InChI=1S/C27H34N2O/c1-3-5-7-9-22-11-13-24(14-12-22)21-30-26-19-28-27(29-20-26)25-17-15-23(16-18-25)10-8-6-4-2/h11-20H,3-10,21H2,1-2H3. The van der Waals surface area contributed by atoms with Gasteiger partial charge in [-0.15, -0.1) is 0 Å².